The molecule has 6 rings (SSSR count). The molecule has 2 aliphatic rings. The molecule has 4 aromatic rings. The van der Waals surface area contributed by atoms with Gasteiger partial charge >= 0.3 is 0 Å². The highest BCUT2D eigenvalue weighted by Crippen LogP contribution is 2.47. The molecule has 2 N–H and O–H groups in total. The van der Waals surface area contributed by atoms with Crippen LogP contribution < -0.4 is 14.5 Å². The summed E-state index contributed by atoms with van der Waals surface area (Å²) < 4.78 is 7.20. The van der Waals surface area contributed by atoms with Gasteiger partial charge in [0.2, 0.25) is 5.91 Å². The second-order valence-electron chi connectivity index (χ2n) is 12.3. The minimum Gasteiger partial charge on any atom is -0.497 e. The third-order valence-electron chi connectivity index (χ3n) is 9.29. The van der Waals surface area contributed by atoms with Crippen LogP contribution in [0.4, 0.5) is 11.4 Å². The molecule has 2 amide bonds. The second kappa shape index (κ2) is 13.9. The molecule has 0 saturated carbocycles. The predicted octanol–water partition coefficient (Wildman–Crippen LogP) is 4.94. The van der Waals surface area contributed by atoms with Crippen LogP contribution in [0.3, 0.4) is 0 Å². The topological polar surface area (TPSA) is 121 Å². The van der Waals surface area contributed by atoms with E-state index >= 15 is 0 Å². The van der Waals surface area contributed by atoms with Crippen molar-refractivity contribution in [2.24, 2.45) is 5.92 Å². The number of piperidine rings is 1. The number of ether oxygens (including phenoxy) is 1. The summed E-state index contributed by atoms with van der Waals surface area (Å²) in [5.74, 6) is -0.494. The molecule has 0 radical (unpaired) electrons. The molecule has 1 saturated heterocycles. The molecular weight excluding hydrogens is 594 g/mol. The SMILES string of the molecule is COc1ccc2c(c1)[C@@](O)([C@H](C)/C=C/CCn1cc(C(CO)c3ccccc3)nn1)C(=O)N2Cc1ccc(N2CCCCC2=O)cc1. The normalized spacial score (nSPS) is 19.3. The number of aliphatic hydroxyl groups excluding tert-OH is 1. The largest absolute Gasteiger partial charge is 0.497 e. The number of benzene rings is 3. The molecule has 47 heavy (non-hydrogen) atoms. The molecule has 1 aromatic heterocycles. The van der Waals surface area contributed by atoms with Crippen molar-refractivity contribution < 1.29 is 24.5 Å². The summed E-state index contributed by atoms with van der Waals surface area (Å²) in [7, 11) is 1.56. The Labute approximate surface area is 274 Å². The Morgan fingerprint density at radius 1 is 1.04 bits per heavy atom. The zero-order valence-electron chi connectivity index (χ0n) is 26.8. The third-order valence-corrected chi connectivity index (χ3v) is 9.29. The van der Waals surface area contributed by atoms with Crippen molar-refractivity contribution in [2.45, 2.75) is 57.2 Å². The number of aromatic nitrogens is 3. The molecule has 0 bridgehead atoms. The maximum atomic E-state index is 14.1. The lowest BCUT2D eigenvalue weighted by molar-refractivity contribution is -0.139. The number of carbonyl (C=O) groups is 2. The van der Waals surface area contributed by atoms with Crippen molar-refractivity contribution in [3.8, 4) is 5.75 Å². The Kier molecular flexibility index (Phi) is 9.51. The standard InChI is InChI=1S/C37H41N5O5/c1-26(10-6-8-20-40-24-33(38-39-40)31(25-43)28-11-4-3-5-12-28)37(46)32-22-30(47-2)18-19-34(32)42(36(37)45)23-27-14-16-29(17-15-27)41-21-9-7-13-35(41)44/h3-6,10-12,14-19,22,24,26,31,43,46H,7-9,13,20-21,23,25H2,1-2H3/b10-6+/t26-,31?,37+/m1/s1. The van der Waals surface area contributed by atoms with Crippen molar-refractivity contribution in [2.75, 3.05) is 30.1 Å². The van der Waals surface area contributed by atoms with E-state index in [9.17, 15) is 19.8 Å². The van der Waals surface area contributed by atoms with Crippen molar-refractivity contribution in [3.05, 3.63) is 114 Å². The molecule has 1 unspecified atom stereocenters. The number of anilines is 2. The molecular formula is C37H41N5O5. The van der Waals surface area contributed by atoms with Gasteiger partial charge in [-0.05, 0) is 60.7 Å². The van der Waals surface area contributed by atoms with Gasteiger partial charge in [-0.2, -0.15) is 0 Å². The van der Waals surface area contributed by atoms with Crippen LogP contribution in [0.1, 0.15) is 60.9 Å². The molecule has 2 aliphatic heterocycles. The van der Waals surface area contributed by atoms with Crippen LogP contribution in [0.2, 0.25) is 0 Å². The molecule has 3 heterocycles. The number of aryl methyl sites for hydroxylation is 1. The summed E-state index contributed by atoms with van der Waals surface area (Å²) in [5.41, 5.74) is 2.78. The summed E-state index contributed by atoms with van der Waals surface area (Å²) >= 11 is 0. The van der Waals surface area contributed by atoms with Crippen molar-refractivity contribution >= 4 is 23.2 Å². The maximum Gasteiger partial charge on any atom is 0.264 e. The number of aliphatic hydroxyl groups is 2. The van der Waals surface area contributed by atoms with Crippen LogP contribution in [-0.4, -0.2) is 57.3 Å². The first kappa shape index (κ1) is 32.2. The van der Waals surface area contributed by atoms with E-state index < -0.39 is 17.4 Å². The van der Waals surface area contributed by atoms with Gasteiger partial charge in [0.25, 0.3) is 5.91 Å². The van der Waals surface area contributed by atoms with E-state index in [-0.39, 0.29) is 25.0 Å². The van der Waals surface area contributed by atoms with E-state index in [4.69, 9.17) is 4.74 Å². The van der Waals surface area contributed by atoms with E-state index in [0.29, 0.717) is 42.1 Å². The fourth-order valence-corrected chi connectivity index (χ4v) is 6.54. The molecule has 1 fully saturated rings. The fraction of sp³-hybridized carbons (Fsp3) is 0.351. The summed E-state index contributed by atoms with van der Waals surface area (Å²) in [5, 5.41) is 30.6. The molecule has 0 spiro atoms. The number of hydrogen-bond donors (Lipinski definition) is 2. The maximum absolute atomic E-state index is 14.1. The van der Waals surface area contributed by atoms with E-state index in [1.54, 1.807) is 28.8 Å². The monoisotopic (exact) mass is 635 g/mol. The number of hydrogen-bond acceptors (Lipinski definition) is 7. The first-order valence-corrected chi connectivity index (χ1v) is 16.2. The van der Waals surface area contributed by atoms with Gasteiger partial charge in [-0.3, -0.25) is 14.3 Å². The minimum atomic E-state index is -1.79. The average molecular weight is 636 g/mol. The number of allylic oxidation sites excluding steroid dienone is 1. The Morgan fingerprint density at radius 2 is 1.83 bits per heavy atom. The molecule has 10 heteroatoms. The summed E-state index contributed by atoms with van der Waals surface area (Å²) in [6.45, 7) is 3.31. The highest BCUT2D eigenvalue weighted by molar-refractivity contribution is 6.07. The Balaban J connectivity index is 1.15. The van der Waals surface area contributed by atoms with Crippen LogP contribution in [0.5, 0.6) is 5.75 Å². The van der Waals surface area contributed by atoms with Crippen LogP contribution >= 0.6 is 0 Å². The number of rotatable bonds is 12. The van der Waals surface area contributed by atoms with Gasteiger partial charge in [0.1, 0.15) is 5.75 Å². The first-order valence-electron chi connectivity index (χ1n) is 16.2. The highest BCUT2D eigenvalue weighted by atomic mass is 16.5. The van der Waals surface area contributed by atoms with E-state index in [0.717, 1.165) is 36.2 Å². The van der Waals surface area contributed by atoms with E-state index in [2.05, 4.69) is 10.3 Å². The van der Waals surface area contributed by atoms with Gasteiger partial charge in [0.15, 0.2) is 5.60 Å². The second-order valence-corrected chi connectivity index (χ2v) is 12.3. The summed E-state index contributed by atoms with van der Waals surface area (Å²) in [6.07, 6.45) is 8.74. The summed E-state index contributed by atoms with van der Waals surface area (Å²) in [6, 6.07) is 22.8. The number of carbonyl (C=O) groups excluding carboxylic acids is 2. The molecule has 10 nitrogen and oxygen atoms in total. The minimum absolute atomic E-state index is 0.0685. The van der Waals surface area contributed by atoms with Crippen molar-refractivity contribution in [1.29, 1.82) is 0 Å². The lowest BCUT2D eigenvalue weighted by atomic mass is 9.83. The van der Waals surface area contributed by atoms with E-state index in [1.807, 2.05) is 90.8 Å². The van der Waals surface area contributed by atoms with Crippen LogP contribution in [0, 0.1) is 5.92 Å². The quantitative estimate of drug-likeness (QED) is 0.212. The number of nitrogens with zero attached hydrogens (tertiary/aromatic N) is 5. The highest BCUT2D eigenvalue weighted by Gasteiger charge is 2.52. The molecule has 244 valence electrons. The molecule has 3 atom stereocenters. The van der Waals surface area contributed by atoms with Crippen LogP contribution in [0.15, 0.2) is 91.1 Å². The zero-order valence-corrected chi connectivity index (χ0v) is 26.8. The lowest BCUT2D eigenvalue weighted by Gasteiger charge is -2.28. The van der Waals surface area contributed by atoms with Gasteiger partial charge < -0.3 is 24.7 Å². The smallest absolute Gasteiger partial charge is 0.264 e. The third kappa shape index (κ3) is 6.43. The van der Waals surface area contributed by atoms with E-state index in [1.165, 1.54) is 0 Å². The number of methoxy groups -OCH3 is 1. The molecule has 3 aromatic carbocycles. The van der Waals surface area contributed by atoms with Crippen molar-refractivity contribution in [1.82, 2.24) is 15.0 Å². The predicted molar refractivity (Wildman–Crippen MR) is 179 cm³/mol. The Hall–Kier alpha value is -4.80. The average Bonchev–Trinajstić information content (AvgIpc) is 3.65. The first-order chi connectivity index (χ1) is 22.8. The lowest BCUT2D eigenvalue weighted by Crippen LogP contribution is -2.44. The Morgan fingerprint density at radius 3 is 2.55 bits per heavy atom. The van der Waals surface area contributed by atoms with Gasteiger partial charge in [-0.15, -0.1) is 5.10 Å². The molecule has 0 aliphatic carbocycles. The van der Waals surface area contributed by atoms with Gasteiger partial charge in [0, 0.05) is 42.9 Å². The van der Waals surface area contributed by atoms with Gasteiger partial charge in [0.05, 0.1) is 37.6 Å². The van der Waals surface area contributed by atoms with Crippen LogP contribution in [-0.2, 0) is 28.3 Å². The number of fused-ring (bicyclic) bond motifs is 1. The van der Waals surface area contributed by atoms with Crippen molar-refractivity contribution in [3.63, 3.8) is 0 Å². The fourth-order valence-electron chi connectivity index (χ4n) is 6.54. The Bertz CT molecular complexity index is 1740. The van der Waals surface area contributed by atoms with Gasteiger partial charge in [-0.25, -0.2) is 0 Å². The zero-order chi connectivity index (χ0) is 33.0. The summed E-state index contributed by atoms with van der Waals surface area (Å²) in [4.78, 5) is 29.9. The number of amides is 2. The van der Waals surface area contributed by atoms with Gasteiger partial charge in [-0.1, -0.05) is 66.8 Å². The van der Waals surface area contributed by atoms with Crippen LogP contribution in [0.25, 0.3) is 0 Å².